The molecule has 0 saturated carbocycles. The van der Waals surface area contributed by atoms with Crippen molar-refractivity contribution in [1.29, 1.82) is 0 Å². The van der Waals surface area contributed by atoms with Gasteiger partial charge >= 0.3 is 0 Å². The summed E-state index contributed by atoms with van der Waals surface area (Å²) in [6.07, 6.45) is -0.176. The highest BCUT2D eigenvalue weighted by Gasteiger charge is 2.16. The fraction of sp³-hybridized carbons (Fsp3) is 0.500. The van der Waals surface area contributed by atoms with Crippen molar-refractivity contribution < 1.29 is 9.26 Å². The van der Waals surface area contributed by atoms with Crippen LogP contribution in [0.5, 0.6) is 0 Å². The second kappa shape index (κ2) is 5.35. The summed E-state index contributed by atoms with van der Waals surface area (Å²) in [6, 6.07) is 0. The van der Waals surface area contributed by atoms with Gasteiger partial charge in [-0.25, -0.2) is 4.98 Å². The Balaban J connectivity index is 2.17. The van der Waals surface area contributed by atoms with E-state index in [0.717, 1.165) is 5.01 Å². The lowest BCUT2D eigenvalue weighted by Crippen LogP contribution is -2.01. The molecule has 7 heteroatoms. The van der Waals surface area contributed by atoms with Gasteiger partial charge in [0.15, 0.2) is 0 Å². The molecule has 92 valence electrons. The second-order valence-corrected chi connectivity index (χ2v) is 4.33. The minimum atomic E-state index is -0.176. The summed E-state index contributed by atoms with van der Waals surface area (Å²) in [7, 11) is 0. The van der Waals surface area contributed by atoms with Crippen molar-refractivity contribution in [3.63, 3.8) is 0 Å². The van der Waals surface area contributed by atoms with Gasteiger partial charge in [0.25, 0.3) is 5.89 Å². The first-order chi connectivity index (χ1) is 8.24. The average molecular weight is 254 g/mol. The van der Waals surface area contributed by atoms with Gasteiger partial charge in [-0.05, 0) is 13.8 Å². The Labute approximate surface area is 103 Å². The highest BCUT2D eigenvalue weighted by atomic mass is 32.1. The molecule has 2 aromatic rings. The Morgan fingerprint density at radius 3 is 3.00 bits per heavy atom. The molecule has 1 unspecified atom stereocenters. The van der Waals surface area contributed by atoms with Crippen LogP contribution in [0.3, 0.4) is 0 Å². The number of hydrogen-bond acceptors (Lipinski definition) is 7. The second-order valence-electron chi connectivity index (χ2n) is 3.39. The van der Waals surface area contributed by atoms with Crippen molar-refractivity contribution in [1.82, 2.24) is 15.1 Å². The van der Waals surface area contributed by atoms with Gasteiger partial charge in [0.1, 0.15) is 16.8 Å². The van der Waals surface area contributed by atoms with Crippen LogP contribution in [0.2, 0.25) is 0 Å². The van der Waals surface area contributed by atoms with Gasteiger partial charge in [-0.1, -0.05) is 5.16 Å². The predicted octanol–water partition coefficient (Wildman–Crippen LogP) is 1.75. The van der Waals surface area contributed by atoms with E-state index in [4.69, 9.17) is 15.0 Å². The van der Waals surface area contributed by atoms with Gasteiger partial charge in [0.2, 0.25) is 5.82 Å². The molecule has 2 heterocycles. The third-order valence-electron chi connectivity index (χ3n) is 2.17. The van der Waals surface area contributed by atoms with Gasteiger partial charge in [0, 0.05) is 18.5 Å². The molecule has 0 radical (unpaired) electrons. The number of ether oxygens (including phenoxy) is 1. The first-order valence-electron chi connectivity index (χ1n) is 5.34. The van der Waals surface area contributed by atoms with Crippen LogP contribution in [0.4, 0.5) is 0 Å². The van der Waals surface area contributed by atoms with E-state index in [2.05, 4.69) is 15.1 Å². The number of nitrogens with zero attached hydrogens (tertiary/aromatic N) is 3. The van der Waals surface area contributed by atoms with Crippen molar-refractivity contribution >= 4 is 11.3 Å². The molecular formula is C10H14N4O2S. The number of hydrogen-bond donors (Lipinski definition) is 1. The molecule has 0 amide bonds. The van der Waals surface area contributed by atoms with Gasteiger partial charge in [0.05, 0.1) is 0 Å². The zero-order valence-electron chi connectivity index (χ0n) is 9.71. The van der Waals surface area contributed by atoms with Crippen molar-refractivity contribution in [2.24, 2.45) is 5.73 Å². The fourth-order valence-electron chi connectivity index (χ4n) is 1.33. The van der Waals surface area contributed by atoms with E-state index in [1.165, 1.54) is 11.3 Å². The molecule has 2 aromatic heterocycles. The van der Waals surface area contributed by atoms with Crippen LogP contribution in [-0.2, 0) is 11.3 Å². The standard InChI is InChI=1S/C10H14N4O2S/c1-3-15-6(2)9-13-10(16-14-9)7-5-17-8(4-11)12-7/h5-6H,3-4,11H2,1-2H3. The van der Waals surface area contributed by atoms with E-state index in [1.54, 1.807) is 0 Å². The topological polar surface area (TPSA) is 87.1 Å². The van der Waals surface area contributed by atoms with Crippen molar-refractivity contribution in [3.05, 3.63) is 16.2 Å². The maximum Gasteiger partial charge on any atom is 0.277 e. The summed E-state index contributed by atoms with van der Waals surface area (Å²) in [5, 5.41) is 6.57. The minimum absolute atomic E-state index is 0.176. The zero-order chi connectivity index (χ0) is 12.3. The maximum atomic E-state index is 5.50. The smallest absolute Gasteiger partial charge is 0.277 e. The molecule has 6 nitrogen and oxygen atoms in total. The average Bonchev–Trinajstić information content (AvgIpc) is 2.98. The zero-order valence-corrected chi connectivity index (χ0v) is 10.5. The summed E-state index contributed by atoms with van der Waals surface area (Å²) >= 11 is 1.48. The van der Waals surface area contributed by atoms with Crippen molar-refractivity contribution in [2.45, 2.75) is 26.5 Å². The Kier molecular flexibility index (Phi) is 3.82. The van der Waals surface area contributed by atoms with Crippen LogP contribution in [0.15, 0.2) is 9.90 Å². The molecule has 0 fully saturated rings. The predicted molar refractivity (Wildman–Crippen MR) is 63.3 cm³/mol. The molecule has 2 rings (SSSR count). The van der Waals surface area contributed by atoms with E-state index < -0.39 is 0 Å². The Morgan fingerprint density at radius 1 is 1.53 bits per heavy atom. The summed E-state index contributed by atoms with van der Waals surface area (Å²) in [4.78, 5) is 8.52. The van der Waals surface area contributed by atoms with Crippen LogP contribution >= 0.6 is 11.3 Å². The van der Waals surface area contributed by atoms with Gasteiger partial charge in [-0.2, -0.15) is 4.98 Å². The quantitative estimate of drug-likeness (QED) is 0.874. The van der Waals surface area contributed by atoms with Crippen LogP contribution < -0.4 is 5.73 Å². The van der Waals surface area contributed by atoms with Crippen LogP contribution in [0.25, 0.3) is 11.6 Å². The molecule has 0 bridgehead atoms. The Morgan fingerprint density at radius 2 is 2.35 bits per heavy atom. The number of thiazole rings is 1. The molecule has 17 heavy (non-hydrogen) atoms. The monoisotopic (exact) mass is 254 g/mol. The third kappa shape index (κ3) is 2.68. The van der Waals surface area contributed by atoms with E-state index >= 15 is 0 Å². The maximum absolute atomic E-state index is 5.50. The third-order valence-corrected chi connectivity index (χ3v) is 3.04. The molecule has 0 saturated heterocycles. The first-order valence-corrected chi connectivity index (χ1v) is 6.22. The van der Waals surface area contributed by atoms with Crippen molar-refractivity contribution in [3.8, 4) is 11.6 Å². The molecular weight excluding hydrogens is 240 g/mol. The van der Waals surface area contributed by atoms with E-state index in [0.29, 0.717) is 30.6 Å². The first kappa shape index (κ1) is 12.2. The lowest BCUT2D eigenvalue weighted by atomic mass is 10.4. The van der Waals surface area contributed by atoms with Crippen LogP contribution in [-0.4, -0.2) is 21.7 Å². The molecule has 0 aliphatic carbocycles. The summed E-state index contributed by atoms with van der Waals surface area (Å²) in [5.41, 5.74) is 6.16. The number of rotatable bonds is 5. The van der Waals surface area contributed by atoms with Gasteiger partial charge in [-0.15, -0.1) is 11.3 Å². The molecule has 0 spiro atoms. The highest BCUT2D eigenvalue weighted by molar-refractivity contribution is 7.09. The lowest BCUT2D eigenvalue weighted by molar-refractivity contribution is 0.0683. The molecule has 1 atom stereocenters. The fourth-order valence-corrected chi connectivity index (χ4v) is 1.98. The van der Waals surface area contributed by atoms with Crippen LogP contribution in [0, 0.1) is 0 Å². The van der Waals surface area contributed by atoms with Crippen molar-refractivity contribution in [2.75, 3.05) is 6.61 Å². The Bertz CT molecular complexity index is 482. The SMILES string of the molecule is CCOC(C)c1noc(-c2csc(CN)n2)n1. The van der Waals surface area contributed by atoms with E-state index in [9.17, 15) is 0 Å². The van der Waals surface area contributed by atoms with Gasteiger partial charge in [-0.3, -0.25) is 0 Å². The number of nitrogens with two attached hydrogens (primary N) is 1. The minimum Gasteiger partial charge on any atom is -0.371 e. The normalized spacial score (nSPS) is 12.9. The molecule has 0 aromatic carbocycles. The lowest BCUT2D eigenvalue weighted by Gasteiger charge is -2.04. The van der Waals surface area contributed by atoms with E-state index in [1.807, 2.05) is 19.2 Å². The summed E-state index contributed by atoms with van der Waals surface area (Å²) in [6.45, 7) is 4.83. The highest BCUT2D eigenvalue weighted by Crippen LogP contribution is 2.22. The molecule has 2 N–H and O–H groups in total. The Hall–Kier alpha value is -1.31. The molecule has 0 aliphatic rings. The number of aromatic nitrogens is 3. The largest absolute Gasteiger partial charge is 0.371 e. The van der Waals surface area contributed by atoms with Crippen LogP contribution in [0.1, 0.15) is 30.8 Å². The van der Waals surface area contributed by atoms with Gasteiger partial charge < -0.3 is 15.0 Å². The summed E-state index contributed by atoms with van der Waals surface area (Å²) in [5.74, 6) is 0.937. The van der Waals surface area contributed by atoms with E-state index in [-0.39, 0.29) is 6.10 Å². The summed E-state index contributed by atoms with van der Waals surface area (Å²) < 4.78 is 10.5. The molecule has 0 aliphatic heterocycles.